The SMILES string of the molecule is c1ccc(-c2nc(-c3ccc4ccc5ccccc5c4c3)nc(-c3cnc(-c4ccccc4)c4oc5cc6ccccc6cc5c34)n2)cc1.c1ccc(-c2nc(-c3ccc4ccc5ccccc5c4c3)nc(-c3ncc(-c4ccccc4)c4oc5cc6ccccc6cc5c34)n2)cc1.c1ccc(-c2nc(-c3ccccc3)nc(-c3ccc(-c4cccc5oc6ccccc6c45)c4oc5cc6ccccc6nc5c34)n2)cc1. The number of nitrogens with zero attached hydrogens (tertiary/aromatic N) is 12. The molecule has 0 amide bonds. The van der Waals surface area contributed by atoms with E-state index >= 15 is 0 Å². The summed E-state index contributed by atoms with van der Waals surface area (Å²) in [5.41, 5.74) is 21.1. The Morgan fingerprint density at radius 2 is 0.521 bits per heavy atom. The van der Waals surface area contributed by atoms with E-state index in [0.29, 0.717) is 74.9 Å². The second-order valence-electron chi connectivity index (χ2n) is 36.4. The first-order valence-corrected chi connectivity index (χ1v) is 48.4. The van der Waals surface area contributed by atoms with Crippen molar-refractivity contribution in [2.75, 3.05) is 0 Å². The zero-order valence-corrected chi connectivity index (χ0v) is 77.9. The number of furan rings is 4. The first kappa shape index (κ1) is 84.0. The molecule has 0 N–H and O–H groups in total. The van der Waals surface area contributed by atoms with E-state index in [1.54, 1.807) is 0 Å². The molecule has 0 atom stereocenters. The van der Waals surface area contributed by atoms with Crippen LogP contribution in [0.1, 0.15) is 0 Å². The minimum atomic E-state index is 0.488. The molecule has 30 rings (SSSR count). The van der Waals surface area contributed by atoms with Gasteiger partial charge in [-0.1, -0.05) is 376 Å². The van der Waals surface area contributed by atoms with Crippen molar-refractivity contribution in [2.24, 2.45) is 0 Å². The predicted molar refractivity (Wildman–Crippen MR) is 590 cm³/mol. The molecule has 0 radical (unpaired) electrons. The Hall–Kier alpha value is -20.1. The van der Waals surface area contributed by atoms with E-state index in [1.165, 1.54) is 26.9 Å². The molecule has 0 aliphatic carbocycles. The molecule has 16 heteroatoms. The Kier molecular flexibility index (Phi) is 20.2. The van der Waals surface area contributed by atoms with Crippen molar-refractivity contribution < 1.29 is 17.7 Å². The summed E-state index contributed by atoms with van der Waals surface area (Å²) in [7, 11) is 0. The van der Waals surface area contributed by atoms with E-state index in [-0.39, 0.29) is 0 Å². The summed E-state index contributed by atoms with van der Waals surface area (Å²) in [6, 6.07) is 153. The molecule has 20 aromatic carbocycles. The van der Waals surface area contributed by atoms with Crippen molar-refractivity contribution >= 4 is 163 Å². The van der Waals surface area contributed by atoms with E-state index in [1.807, 2.05) is 231 Å². The van der Waals surface area contributed by atoms with Crippen LogP contribution in [0.3, 0.4) is 0 Å². The van der Waals surface area contributed by atoms with Gasteiger partial charge in [-0.05, 0) is 149 Å². The van der Waals surface area contributed by atoms with Crippen LogP contribution < -0.4 is 0 Å². The summed E-state index contributed by atoms with van der Waals surface area (Å²) >= 11 is 0. The number of benzene rings is 20. The van der Waals surface area contributed by atoms with Gasteiger partial charge < -0.3 is 17.7 Å². The molecule has 30 aromatic rings. The van der Waals surface area contributed by atoms with Crippen molar-refractivity contribution in [2.45, 2.75) is 0 Å². The molecule has 10 aromatic heterocycles. The van der Waals surface area contributed by atoms with Gasteiger partial charge in [0.25, 0.3) is 0 Å². The van der Waals surface area contributed by atoms with Crippen molar-refractivity contribution in [3.8, 4) is 136 Å². The summed E-state index contributed by atoms with van der Waals surface area (Å²) < 4.78 is 26.5. The largest absolute Gasteiger partial charge is 0.456 e. The quantitative estimate of drug-likeness (QED) is 0.104. The fraction of sp³-hybridized carbons (Fsp3) is 0. The first-order chi connectivity index (χ1) is 72.3. The minimum absolute atomic E-state index is 0.488. The highest BCUT2D eigenvalue weighted by atomic mass is 16.3. The van der Waals surface area contributed by atoms with E-state index < -0.39 is 0 Å². The lowest BCUT2D eigenvalue weighted by Crippen LogP contribution is -2.02. The van der Waals surface area contributed by atoms with Gasteiger partial charge in [-0.25, -0.2) is 49.8 Å². The molecule has 680 valence electrons. The average Bonchev–Trinajstić information content (AvgIpc) is 1.58. The lowest BCUT2D eigenvalue weighted by molar-refractivity contribution is 0.668. The molecule has 16 nitrogen and oxygen atoms in total. The minimum Gasteiger partial charge on any atom is -0.456 e. The van der Waals surface area contributed by atoms with Gasteiger partial charge in [0.05, 0.1) is 16.3 Å². The van der Waals surface area contributed by atoms with Crippen LogP contribution in [0, 0.1) is 0 Å². The predicted octanol–water partition coefficient (Wildman–Crippen LogP) is 33.5. The smallest absolute Gasteiger partial charge is 0.183 e. The van der Waals surface area contributed by atoms with Gasteiger partial charge in [-0.3, -0.25) is 9.97 Å². The van der Waals surface area contributed by atoms with Gasteiger partial charge >= 0.3 is 0 Å². The molecule has 10 heterocycles. The molecule has 0 spiro atoms. The summed E-state index contributed by atoms with van der Waals surface area (Å²) in [5, 5.41) is 21.6. The second kappa shape index (κ2) is 35.0. The third-order valence-corrected chi connectivity index (χ3v) is 27.6. The maximum absolute atomic E-state index is 6.81. The summed E-state index contributed by atoms with van der Waals surface area (Å²) in [5.74, 6) is 5.11. The number of para-hydroxylation sites is 2. The first-order valence-electron chi connectivity index (χ1n) is 48.4. The second-order valence-corrected chi connectivity index (χ2v) is 36.4. The number of fused-ring (bicyclic) bond motifs is 21. The summed E-state index contributed by atoms with van der Waals surface area (Å²) in [6.45, 7) is 0. The lowest BCUT2D eigenvalue weighted by Gasteiger charge is -2.11. The lowest BCUT2D eigenvalue weighted by atomic mass is 9.95. The maximum Gasteiger partial charge on any atom is 0.183 e. The summed E-state index contributed by atoms with van der Waals surface area (Å²) in [4.78, 5) is 61.0. The van der Waals surface area contributed by atoms with Crippen LogP contribution in [0.2, 0.25) is 0 Å². The number of hydrogen-bond donors (Lipinski definition) is 0. The van der Waals surface area contributed by atoms with Crippen molar-refractivity contribution in [1.82, 2.24) is 59.8 Å². The summed E-state index contributed by atoms with van der Waals surface area (Å²) in [6.07, 6.45) is 3.76. The fourth-order valence-electron chi connectivity index (χ4n) is 20.6. The molecule has 0 aliphatic heterocycles. The van der Waals surface area contributed by atoms with E-state index in [2.05, 4.69) is 231 Å². The number of pyridine rings is 3. The number of aromatic nitrogens is 12. The van der Waals surface area contributed by atoms with Gasteiger partial charge in [0.2, 0.25) is 0 Å². The highest BCUT2D eigenvalue weighted by Crippen LogP contribution is 2.49. The molecule has 0 saturated carbocycles. The van der Waals surface area contributed by atoms with Gasteiger partial charge in [0, 0.05) is 106 Å². The van der Waals surface area contributed by atoms with Crippen molar-refractivity contribution in [1.29, 1.82) is 0 Å². The molecular weight excluding hydrogens is 1790 g/mol. The Bertz CT molecular complexity index is 10000. The Labute approximate surface area is 832 Å². The molecule has 146 heavy (non-hydrogen) atoms. The van der Waals surface area contributed by atoms with Crippen LogP contribution in [-0.4, -0.2) is 59.8 Å². The Morgan fingerprint density at radius 1 is 0.151 bits per heavy atom. The monoisotopic (exact) mass is 1870 g/mol. The average molecular weight is 1870 g/mol. The van der Waals surface area contributed by atoms with E-state index in [0.717, 1.165) is 198 Å². The van der Waals surface area contributed by atoms with Crippen molar-refractivity contribution in [3.05, 3.63) is 461 Å². The van der Waals surface area contributed by atoms with Gasteiger partial charge in [-0.15, -0.1) is 0 Å². The molecule has 0 unspecified atom stereocenters. The molecular formula is C130H76N12O4. The Morgan fingerprint density at radius 3 is 1.06 bits per heavy atom. The van der Waals surface area contributed by atoms with Crippen LogP contribution in [0.15, 0.2) is 479 Å². The van der Waals surface area contributed by atoms with Crippen LogP contribution in [0.25, 0.3) is 300 Å². The highest BCUT2D eigenvalue weighted by molar-refractivity contribution is 6.23. The van der Waals surface area contributed by atoms with E-state index in [9.17, 15) is 0 Å². The topological polar surface area (TPSA) is 207 Å². The van der Waals surface area contributed by atoms with Crippen LogP contribution >= 0.6 is 0 Å². The van der Waals surface area contributed by atoms with Crippen molar-refractivity contribution in [3.63, 3.8) is 0 Å². The van der Waals surface area contributed by atoms with Gasteiger partial charge in [0.15, 0.2) is 63.6 Å². The molecule has 0 saturated heterocycles. The zero-order valence-electron chi connectivity index (χ0n) is 77.9. The van der Waals surface area contributed by atoms with Gasteiger partial charge in [-0.2, -0.15) is 0 Å². The zero-order chi connectivity index (χ0) is 96.2. The third kappa shape index (κ3) is 14.9. The van der Waals surface area contributed by atoms with Crippen LogP contribution in [0.5, 0.6) is 0 Å². The maximum atomic E-state index is 6.81. The highest BCUT2D eigenvalue weighted by Gasteiger charge is 2.29. The number of rotatable bonds is 12. The normalized spacial score (nSPS) is 11.7. The molecule has 0 bridgehead atoms. The molecule has 0 aliphatic rings. The third-order valence-electron chi connectivity index (χ3n) is 27.6. The number of hydrogen-bond acceptors (Lipinski definition) is 16. The fourth-order valence-corrected chi connectivity index (χ4v) is 20.6. The van der Waals surface area contributed by atoms with E-state index in [4.69, 9.17) is 77.5 Å². The van der Waals surface area contributed by atoms with Crippen LogP contribution in [0.4, 0.5) is 0 Å². The van der Waals surface area contributed by atoms with Crippen LogP contribution in [-0.2, 0) is 0 Å². The Balaban J connectivity index is 0.000000106. The molecule has 0 fully saturated rings. The van der Waals surface area contributed by atoms with Gasteiger partial charge in [0.1, 0.15) is 50.4 Å². The standard InChI is InChI=1S/2C44H26N4O.C42H24N4O2/c1-3-12-29(13-4-1)40-41-39(36-23-31-16-7-8-17-32(31)25-38(36)49-41)37(26-45-40)44-47-42(30-14-5-2-6-15-30)46-43(48-44)33-22-21-28-20-19-27-11-9-10-18-34(27)35(28)24-33;1-3-11-27(12-4-1)37-26-45-40(39-36-23-31-16-7-8-17-32(31)25-38(36)49-41(37)39)44-47-42(30-14-5-2-6-15-30)46-43(48-44)33-22-21-29-20-19-28-13-9-10-18-34(28)35(29)24-33;1-3-12-25(13-4-1)40-44-41(26-14-5-2-6-15-26)46-42(45-40)31-23-22-29(28-18-11-21-34-36(28)30-17-8-10-20-33(30)47-34)39-37(31)38-35(48-39)24-27-16-7-9-19-32(27)43-38/h2*1-26H;1-24H.